The summed E-state index contributed by atoms with van der Waals surface area (Å²) >= 11 is 0. The molecule has 0 aliphatic heterocycles. The minimum atomic E-state index is -3.43. The van der Waals surface area contributed by atoms with Crippen molar-refractivity contribution in [2.75, 3.05) is 25.9 Å². The Morgan fingerprint density at radius 1 is 1.41 bits per heavy atom. The molecule has 2 aromatic heterocycles. The van der Waals surface area contributed by atoms with Crippen LogP contribution in [0, 0.1) is 0 Å². The first-order valence-corrected chi connectivity index (χ1v) is 10.5. The molecule has 0 saturated heterocycles. The molecule has 27 heavy (non-hydrogen) atoms. The number of fused-ring (bicyclic) bond motifs is 1. The van der Waals surface area contributed by atoms with Gasteiger partial charge in [0.2, 0.25) is 0 Å². The molecule has 2 atom stereocenters. The molecule has 0 aliphatic rings. The lowest BCUT2D eigenvalue weighted by atomic mass is 10.3. The summed E-state index contributed by atoms with van der Waals surface area (Å²) in [6, 6.07) is 0. The number of aromatic nitrogens is 3. The van der Waals surface area contributed by atoms with Crippen LogP contribution in [0.2, 0.25) is 0 Å². The zero-order valence-electron chi connectivity index (χ0n) is 15.1. The van der Waals surface area contributed by atoms with E-state index in [1.165, 1.54) is 6.33 Å². The third kappa shape index (κ3) is 6.37. The lowest BCUT2D eigenvalue weighted by molar-refractivity contribution is -0.108. The predicted molar refractivity (Wildman–Crippen MR) is 99.8 cm³/mol. The van der Waals surface area contributed by atoms with E-state index in [9.17, 15) is 19.3 Å². The van der Waals surface area contributed by atoms with Crippen molar-refractivity contribution in [2.45, 2.75) is 32.4 Å². The number of unbranched alkanes of at least 4 members (excludes halogenated alkanes) is 1. The summed E-state index contributed by atoms with van der Waals surface area (Å²) in [5.41, 5.74) is 1.47. The minimum Gasteiger partial charge on any atom is -0.391 e. The molecule has 0 bridgehead atoms. The highest BCUT2D eigenvalue weighted by Crippen LogP contribution is 2.48. The molecule has 0 aliphatic carbocycles. The van der Waals surface area contributed by atoms with Crippen molar-refractivity contribution in [3.63, 3.8) is 0 Å². The van der Waals surface area contributed by atoms with Crippen LogP contribution in [0.25, 0.3) is 11.0 Å². The van der Waals surface area contributed by atoms with E-state index in [1.54, 1.807) is 13.1 Å². The maximum atomic E-state index is 12.6. The van der Waals surface area contributed by atoms with Gasteiger partial charge >= 0.3 is 7.60 Å². The van der Waals surface area contributed by atoms with Gasteiger partial charge in [-0.1, -0.05) is 0 Å². The van der Waals surface area contributed by atoms with E-state index in [0.717, 1.165) is 11.8 Å². The molecule has 10 nitrogen and oxygen atoms in total. The minimum absolute atomic E-state index is 0.131. The maximum absolute atomic E-state index is 12.6. The Morgan fingerprint density at radius 2 is 2.22 bits per heavy atom. The second-order valence-corrected chi connectivity index (χ2v) is 8.01. The Hall–Kier alpha value is -1.84. The quantitative estimate of drug-likeness (QED) is 0.221. The van der Waals surface area contributed by atoms with Crippen LogP contribution in [0.1, 0.15) is 25.3 Å². The summed E-state index contributed by atoms with van der Waals surface area (Å²) in [6.45, 7) is 2.54. The first-order valence-electron chi connectivity index (χ1n) is 8.73. The number of aliphatic hydroxyl groups is 1. The second-order valence-electron chi connectivity index (χ2n) is 5.91. The molecular formula is C16H25N4O6P. The summed E-state index contributed by atoms with van der Waals surface area (Å²) in [5, 5.41) is 13.2. The van der Waals surface area contributed by atoms with Crippen molar-refractivity contribution in [3.8, 4) is 0 Å². The number of aldehydes is 1. The first-order chi connectivity index (χ1) is 13.0. The SMILES string of the molecule is CCOP(=O)(CC(O)CNCc1c[nH]c2c(=O)[nH]cnc12)OCCCC=O. The summed E-state index contributed by atoms with van der Waals surface area (Å²) in [4.78, 5) is 31.5. The number of carbonyl (C=O) groups is 1. The van der Waals surface area contributed by atoms with Gasteiger partial charge in [-0.25, -0.2) is 4.98 Å². The van der Waals surface area contributed by atoms with Gasteiger partial charge in [0.05, 0.1) is 37.3 Å². The highest BCUT2D eigenvalue weighted by atomic mass is 31.2. The van der Waals surface area contributed by atoms with Crippen molar-refractivity contribution in [1.29, 1.82) is 0 Å². The van der Waals surface area contributed by atoms with Gasteiger partial charge in [0.1, 0.15) is 11.8 Å². The lowest BCUT2D eigenvalue weighted by Crippen LogP contribution is -2.29. The molecule has 0 spiro atoms. The number of nitrogens with one attached hydrogen (secondary N) is 3. The highest BCUT2D eigenvalue weighted by Gasteiger charge is 2.27. The zero-order chi connectivity index (χ0) is 19.7. The van der Waals surface area contributed by atoms with Crippen LogP contribution in [-0.2, 0) is 25.0 Å². The molecule has 11 heteroatoms. The molecule has 0 aromatic carbocycles. The first kappa shape index (κ1) is 21.5. The molecular weight excluding hydrogens is 375 g/mol. The molecule has 2 unspecified atom stereocenters. The molecule has 2 rings (SSSR count). The molecule has 0 radical (unpaired) electrons. The van der Waals surface area contributed by atoms with Crippen molar-refractivity contribution < 1.29 is 23.5 Å². The summed E-state index contributed by atoms with van der Waals surface area (Å²) < 4.78 is 23.1. The number of rotatable bonds is 13. The molecule has 0 fully saturated rings. The highest BCUT2D eigenvalue weighted by molar-refractivity contribution is 7.53. The average Bonchev–Trinajstić information content (AvgIpc) is 3.03. The number of hydrogen-bond acceptors (Lipinski definition) is 8. The van der Waals surface area contributed by atoms with Crippen LogP contribution in [0.4, 0.5) is 0 Å². The largest absolute Gasteiger partial charge is 0.391 e. The summed E-state index contributed by atoms with van der Waals surface area (Å²) in [7, 11) is -3.43. The number of hydrogen-bond donors (Lipinski definition) is 4. The van der Waals surface area contributed by atoms with E-state index in [4.69, 9.17) is 9.05 Å². The maximum Gasteiger partial charge on any atom is 0.333 e. The van der Waals surface area contributed by atoms with Crippen LogP contribution in [0.5, 0.6) is 0 Å². The van der Waals surface area contributed by atoms with Crippen molar-refractivity contribution in [2.24, 2.45) is 0 Å². The fraction of sp³-hybridized carbons (Fsp3) is 0.562. The van der Waals surface area contributed by atoms with Crippen molar-refractivity contribution in [1.82, 2.24) is 20.3 Å². The van der Waals surface area contributed by atoms with Gasteiger partial charge < -0.3 is 34.2 Å². The van der Waals surface area contributed by atoms with Crippen LogP contribution < -0.4 is 10.9 Å². The fourth-order valence-electron chi connectivity index (χ4n) is 2.55. The Bertz CT molecular complexity index is 836. The molecule has 150 valence electrons. The predicted octanol–water partition coefficient (Wildman–Crippen LogP) is 0.927. The van der Waals surface area contributed by atoms with Gasteiger partial charge in [-0.3, -0.25) is 9.36 Å². The van der Waals surface area contributed by atoms with Crippen molar-refractivity contribution in [3.05, 3.63) is 28.4 Å². The van der Waals surface area contributed by atoms with E-state index < -0.39 is 13.7 Å². The van der Waals surface area contributed by atoms with Gasteiger partial charge in [-0.2, -0.15) is 0 Å². The van der Waals surface area contributed by atoms with Gasteiger partial charge in [0, 0.05) is 31.3 Å². The van der Waals surface area contributed by atoms with E-state index in [-0.39, 0.29) is 31.5 Å². The van der Waals surface area contributed by atoms with Crippen LogP contribution in [-0.4, -0.2) is 58.4 Å². The normalized spacial score (nSPS) is 14.9. The Labute approximate surface area is 156 Å². The topological polar surface area (TPSA) is 146 Å². The molecule has 0 amide bonds. The number of H-pyrrole nitrogens is 2. The molecule has 2 aromatic rings. The van der Waals surface area contributed by atoms with Crippen LogP contribution in [0.15, 0.2) is 17.3 Å². The molecule has 4 N–H and O–H groups in total. The van der Waals surface area contributed by atoms with E-state index >= 15 is 0 Å². The monoisotopic (exact) mass is 400 g/mol. The zero-order valence-corrected chi connectivity index (χ0v) is 16.0. The van der Waals surface area contributed by atoms with E-state index in [0.29, 0.717) is 30.4 Å². The smallest absolute Gasteiger partial charge is 0.333 e. The lowest BCUT2D eigenvalue weighted by Gasteiger charge is -2.20. The second kappa shape index (κ2) is 10.5. The van der Waals surface area contributed by atoms with Gasteiger partial charge in [-0.05, 0) is 13.3 Å². The summed E-state index contributed by atoms with van der Waals surface area (Å²) in [5.74, 6) is 0. The standard InChI is InChI=1S/C16H25N4O6P/c1-2-25-27(24,26-6-4-3-5-21)10-13(22)9-17-7-12-8-18-15-14(12)19-11-20-16(15)23/h5,8,11,13,17-18,22H,2-4,6-7,9-10H2,1H3,(H,19,20,23). The summed E-state index contributed by atoms with van der Waals surface area (Å²) in [6.07, 6.45) is 3.43. The fourth-order valence-corrected chi connectivity index (χ4v) is 4.28. The number of aromatic amines is 2. The third-order valence-corrected chi connectivity index (χ3v) is 5.85. The number of aliphatic hydroxyl groups excluding tert-OH is 1. The van der Waals surface area contributed by atoms with Crippen molar-refractivity contribution >= 4 is 24.9 Å². The number of nitrogens with zero attached hydrogens (tertiary/aromatic N) is 1. The molecule has 0 saturated carbocycles. The Morgan fingerprint density at radius 3 is 2.96 bits per heavy atom. The van der Waals surface area contributed by atoms with Gasteiger partial charge in [0.15, 0.2) is 0 Å². The van der Waals surface area contributed by atoms with Crippen LogP contribution in [0.3, 0.4) is 0 Å². The third-order valence-electron chi connectivity index (χ3n) is 3.76. The Balaban J connectivity index is 1.85. The van der Waals surface area contributed by atoms with E-state index in [2.05, 4.69) is 20.3 Å². The van der Waals surface area contributed by atoms with Crippen LogP contribution >= 0.6 is 7.60 Å². The van der Waals surface area contributed by atoms with E-state index in [1.807, 2.05) is 0 Å². The number of carbonyl (C=O) groups excluding carboxylic acids is 1. The average molecular weight is 400 g/mol. The Kier molecular flexibility index (Phi) is 8.33. The van der Waals surface area contributed by atoms with Gasteiger partial charge in [-0.15, -0.1) is 0 Å². The molecule has 2 heterocycles. The van der Waals surface area contributed by atoms with Gasteiger partial charge in [0.25, 0.3) is 5.56 Å².